The molecule has 6 heteroatoms. The number of aryl methyl sites for hydroxylation is 1. The highest BCUT2D eigenvalue weighted by molar-refractivity contribution is 6.31. The molecule has 0 unspecified atom stereocenters. The number of hydrogen-bond acceptors (Lipinski definition) is 4. The van der Waals surface area contributed by atoms with Gasteiger partial charge < -0.3 is 14.8 Å². The first-order valence-electron chi connectivity index (χ1n) is 6.87. The van der Waals surface area contributed by atoms with Gasteiger partial charge in [-0.05, 0) is 37.3 Å². The summed E-state index contributed by atoms with van der Waals surface area (Å²) in [5, 5.41) is 3.02. The van der Waals surface area contributed by atoms with Crippen LogP contribution in [0.25, 0.3) is 0 Å². The van der Waals surface area contributed by atoms with Gasteiger partial charge in [-0.25, -0.2) is 4.79 Å². The lowest BCUT2D eigenvalue weighted by atomic mass is 10.2. The summed E-state index contributed by atoms with van der Waals surface area (Å²) in [5.74, 6) is -0.773. The Labute approximate surface area is 139 Å². The molecule has 0 saturated heterocycles. The molecule has 0 aliphatic heterocycles. The number of amides is 1. The van der Waals surface area contributed by atoms with E-state index in [4.69, 9.17) is 21.1 Å². The minimum atomic E-state index is -0.677. The van der Waals surface area contributed by atoms with Crippen molar-refractivity contribution in [3.8, 4) is 5.75 Å². The number of methoxy groups -OCH3 is 1. The number of nitrogens with one attached hydrogen (secondary N) is 1. The predicted octanol–water partition coefficient (Wildman–Crippen LogP) is 3.45. The summed E-state index contributed by atoms with van der Waals surface area (Å²) >= 11 is 5.86. The average Bonchev–Trinajstić information content (AvgIpc) is 2.54. The molecule has 0 spiro atoms. The third kappa shape index (κ3) is 4.72. The average molecular weight is 334 g/mol. The fraction of sp³-hybridized carbons (Fsp3) is 0.176. The van der Waals surface area contributed by atoms with Gasteiger partial charge in [0.25, 0.3) is 5.91 Å². The number of carbonyl (C=O) groups excluding carboxylic acids is 2. The number of rotatable bonds is 5. The van der Waals surface area contributed by atoms with Gasteiger partial charge in [0.2, 0.25) is 0 Å². The smallest absolute Gasteiger partial charge is 0.342 e. The van der Waals surface area contributed by atoms with E-state index in [2.05, 4.69) is 5.32 Å². The van der Waals surface area contributed by atoms with E-state index in [1.165, 1.54) is 13.2 Å². The maximum atomic E-state index is 12.0. The van der Waals surface area contributed by atoms with Gasteiger partial charge in [0.1, 0.15) is 11.3 Å². The molecule has 23 heavy (non-hydrogen) atoms. The van der Waals surface area contributed by atoms with Gasteiger partial charge in [0.05, 0.1) is 7.11 Å². The van der Waals surface area contributed by atoms with Gasteiger partial charge in [0.15, 0.2) is 6.61 Å². The maximum absolute atomic E-state index is 12.0. The van der Waals surface area contributed by atoms with Crippen molar-refractivity contribution in [1.82, 2.24) is 0 Å². The first kappa shape index (κ1) is 16.8. The molecule has 2 aromatic rings. The van der Waals surface area contributed by atoms with Crippen LogP contribution in [0.15, 0.2) is 42.5 Å². The van der Waals surface area contributed by atoms with Crippen molar-refractivity contribution in [1.29, 1.82) is 0 Å². The molecule has 0 atom stereocenters. The van der Waals surface area contributed by atoms with E-state index in [9.17, 15) is 9.59 Å². The number of ether oxygens (including phenoxy) is 2. The number of esters is 1. The van der Waals surface area contributed by atoms with Crippen molar-refractivity contribution in [2.24, 2.45) is 0 Å². The zero-order valence-electron chi connectivity index (χ0n) is 12.8. The highest BCUT2D eigenvalue weighted by atomic mass is 35.5. The number of hydrogen-bond donors (Lipinski definition) is 1. The molecular weight excluding hydrogens is 318 g/mol. The lowest BCUT2D eigenvalue weighted by Crippen LogP contribution is -2.21. The van der Waals surface area contributed by atoms with E-state index >= 15 is 0 Å². The largest absolute Gasteiger partial charge is 0.496 e. The minimum absolute atomic E-state index is 0.170. The van der Waals surface area contributed by atoms with Crippen molar-refractivity contribution in [3.05, 3.63) is 58.6 Å². The lowest BCUT2D eigenvalue weighted by Gasteiger charge is -2.09. The van der Waals surface area contributed by atoms with E-state index < -0.39 is 18.5 Å². The maximum Gasteiger partial charge on any atom is 0.342 e. The Hall–Kier alpha value is -2.53. The predicted molar refractivity (Wildman–Crippen MR) is 88.1 cm³/mol. The zero-order valence-corrected chi connectivity index (χ0v) is 13.5. The summed E-state index contributed by atoms with van der Waals surface area (Å²) in [7, 11) is 1.43. The van der Waals surface area contributed by atoms with Crippen LogP contribution in [0.5, 0.6) is 5.75 Å². The van der Waals surface area contributed by atoms with Crippen LogP contribution in [0.1, 0.15) is 15.9 Å². The molecule has 0 bridgehead atoms. The van der Waals surface area contributed by atoms with Crippen molar-refractivity contribution in [2.75, 3.05) is 19.0 Å². The van der Waals surface area contributed by atoms with Gasteiger partial charge in [-0.15, -0.1) is 0 Å². The summed E-state index contributed by atoms with van der Waals surface area (Å²) in [5.41, 5.74) is 1.89. The molecule has 120 valence electrons. The van der Waals surface area contributed by atoms with Gasteiger partial charge >= 0.3 is 5.97 Å². The Morgan fingerprint density at radius 3 is 2.48 bits per heavy atom. The lowest BCUT2D eigenvalue weighted by molar-refractivity contribution is -0.119. The molecule has 2 aromatic carbocycles. The molecule has 0 aliphatic carbocycles. The molecular formula is C17H16ClNO4. The molecule has 2 rings (SSSR count). The molecule has 1 amide bonds. The summed E-state index contributed by atoms with van der Waals surface area (Å²) in [4.78, 5) is 23.8. The molecule has 0 aliphatic rings. The first-order valence-corrected chi connectivity index (χ1v) is 7.24. The Morgan fingerprint density at radius 2 is 1.83 bits per heavy atom. The van der Waals surface area contributed by atoms with Crippen LogP contribution in [0.2, 0.25) is 5.02 Å². The Morgan fingerprint density at radius 1 is 1.13 bits per heavy atom. The summed E-state index contributed by atoms with van der Waals surface area (Å²) in [6, 6.07) is 11.9. The minimum Gasteiger partial charge on any atom is -0.496 e. The van der Waals surface area contributed by atoms with Crippen LogP contribution < -0.4 is 10.1 Å². The van der Waals surface area contributed by atoms with Crippen LogP contribution in [-0.4, -0.2) is 25.6 Å². The summed E-state index contributed by atoms with van der Waals surface area (Å²) in [6.45, 7) is 1.55. The number of halogens is 1. The normalized spacial score (nSPS) is 10.0. The second-order valence-corrected chi connectivity index (χ2v) is 5.27. The van der Waals surface area contributed by atoms with Crippen LogP contribution >= 0.6 is 11.6 Å². The van der Waals surface area contributed by atoms with Gasteiger partial charge in [0, 0.05) is 10.7 Å². The zero-order chi connectivity index (χ0) is 16.8. The van der Waals surface area contributed by atoms with Crippen molar-refractivity contribution >= 4 is 29.2 Å². The van der Waals surface area contributed by atoms with E-state index in [0.29, 0.717) is 16.5 Å². The second kappa shape index (κ2) is 7.65. The molecule has 0 heterocycles. The SMILES string of the molecule is COc1ccc(Cl)cc1C(=O)OCC(=O)Nc1ccc(C)cc1. The first-order chi connectivity index (χ1) is 11.0. The Kier molecular flexibility index (Phi) is 5.60. The third-order valence-electron chi connectivity index (χ3n) is 3.05. The highest BCUT2D eigenvalue weighted by Gasteiger charge is 2.16. The standard InChI is InChI=1S/C17H16ClNO4/c1-11-3-6-13(7-4-11)19-16(20)10-23-17(21)14-9-12(18)5-8-15(14)22-2/h3-9H,10H2,1-2H3,(H,19,20). The number of benzene rings is 2. The summed E-state index contributed by atoms with van der Waals surface area (Å²) in [6.07, 6.45) is 0. The van der Waals surface area contributed by atoms with E-state index in [-0.39, 0.29) is 5.56 Å². The number of anilines is 1. The topological polar surface area (TPSA) is 64.6 Å². The molecule has 0 radical (unpaired) electrons. The van der Waals surface area contributed by atoms with Gasteiger partial charge in [-0.2, -0.15) is 0 Å². The molecule has 5 nitrogen and oxygen atoms in total. The van der Waals surface area contributed by atoms with Gasteiger partial charge in [-0.1, -0.05) is 29.3 Å². The second-order valence-electron chi connectivity index (χ2n) is 4.83. The molecule has 1 N–H and O–H groups in total. The fourth-order valence-corrected chi connectivity index (χ4v) is 2.05. The van der Waals surface area contributed by atoms with Gasteiger partial charge in [-0.3, -0.25) is 4.79 Å². The monoisotopic (exact) mass is 333 g/mol. The van der Waals surface area contributed by atoms with Crippen LogP contribution in [0, 0.1) is 6.92 Å². The van der Waals surface area contributed by atoms with Crippen molar-refractivity contribution in [3.63, 3.8) is 0 Å². The van der Waals surface area contributed by atoms with E-state index in [1.54, 1.807) is 24.3 Å². The van der Waals surface area contributed by atoms with E-state index in [1.807, 2.05) is 19.1 Å². The molecule has 0 saturated carbocycles. The van der Waals surface area contributed by atoms with Crippen molar-refractivity contribution in [2.45, 2.75) is 6.92 Å². The van der Waals surface area contributed by atoms with E-state index in [0.717, 1.165) is 5.56 Å². The summed E-state index contributed by atoms with van der Waals surface area (Å²) < 4.78 is 10.1. The Bertz CT molecular complexity index is 713. The Balaban J connectivity index is 1.95. The van der Waals surface area contributed by atoms with Crippen LogP contribution in [0.3, 0.4) is 0 Å². The molecule has 0 aromatic heterocycles. The van der Waals surface area contributed by atoms with Crippen LogP contribution in [0.4, 0.5) is 5.69 Å². The number of carbonyl (C=O) groups is 2. The fourth-order valence-electron chi connectivity index (χ4n) is 1.88. The molecule has 0 fully saturated rings. The quantitative estimate of drug-likeness (QED) is 0.851. The highest BCUT2D eigenvalue weighted by Crippen LogP contribution is 2.23. The third-order valence-corrected chi connectivity index (χ3v) is 3.29. The van der Waals surface area contributed by atoms with Crippen molar-refractivity contribution < 1.29 is 19.1 Å². The van der Waals surface area contributed by atoms with Crippen LogP contribution in [-0.2, 0) is 9.53 Å².